The summed E-state index contributed by atoms with van der Waals surface area (Å²) < 4.78 is 1.27. The standard InChI is InChI=1S/C16H23Br/c1-5-8-10-14-12(4)11-16(17)13(7-3)15(14)9-6-2/h8,10-11H,5-7,9H2,1-4H3/b10-8-. The molecule has 17 heavy (non-hydrogen) atoms. The van der Waals surface area contributed by atoms with E-state index in [1.165, 1.54) is 39.6 Å². The zero-order valence-corrected chi connectivity index (χ0v) is 13.0. The molecule has 0 N–H and O–H groups in total. The van der Waals surface area contributed by atoms with Gasteiger partial charge in [-0.3, -0.25) is 0 Å². The number of hydrogen-bond acceptors (Lipinski definition) is 0. The molecule has 0 saturated heterocycles. The van der Waals surface area contributed by atoms with Crippen LogP contribution in [0.1, 0.15) is 55.9 Å². The van der Waals surface area contributed by atoms with Gasteiger partial charge in [-0.25, -0.2) is 0 Å². The molecule has 0 amide bonds. The van der Waals surface area contributed by atoms with Crippen LogP contribution in [0.3, 0.4) is 0 Å². The van der Waals surface area contributed by atoms with Gasteiger partial charge in [-0.1, -0.05) is 55.3 Å². The predicted molar refractivity (Wildman–Crippen MR) is 81.6 cm³/mol. The van der Waals surface area contributed by atoms with Crippen LogP contribution in [0.15, 0.2) is 16.6 Å². The van der Waals surface area contributed by atoms with Crippen LogP contribution in [0.5, 0.6) is 0 Å². The van der Waals surface area contributed by atoms with E-state index in [2.05, 4.69) is 61.8 Å². The van der Waals surface area contributed by atoms with Crippen molar-refractivity contribution in [2.24, 2.45) is 0 Å². The van der Waals surface area contributed by atoms with Gasteiger partial charge in [-0.2, -0.15) is 0 Å². The Morgan fingerprint density at radius 2 is 1.88 bits per heavy atom. The molecule has 1 heteroatoms. The lowest BCUT2D eigenvalue weighted by Gasteiger charge is -2.16. The van der Waals surface area contributed by atoms with E-state index in [1.807, 2.05) is 0 Å². The van der Waals surface area contributed by atoms with E-state index in [4.69, 9.17) is 0 Å². The fraction of sp³-hybridized carbons (Fsp3) is 0.500. The van der Waals surface area contributed by atoms with Crippen LogP contribution in [-0.2, 0) is 12.8 Å². The molecule has 0 atom stereocenters. The van der Waals surface area contributed by atoms with Gasteiger partial charge in [-0.15, -0.1) is 0 Å². The van der Waals surface area contributed by atoms with Crippen LogP contribution < -0.4 is 0 Å². The SMILES string of the molecule is CC/C=C\c1c(C)cc(Br)c(CC)c1CCC. The zero-order valence-electron chi connectivity index (χ0n) is 11.4. The second kappa shape index (κ2) is 7.00. The summed E-state index contributed by atoms with van der Waals surface area (Å²) in [4.78, 5) is 0. The molecular weight excluding hydrogens is 272 g/mol. The molecule has 0 saturated carbocycles. The number of halogens is 1. The second-order valence-corrected chi connectivity index (χ2v) is 5.31. The largest absolute Gasteiger partial charge is 0.0842 e. The van der Waals surface area contributed by atoms with E-state index in [1.54, 1.807) is 0 Å². The topological polar surface area (TPSA) is 0 Å². The van der Waals surface area contributed by atoms with Gasteiger partial charge in [-0.05, 0) is 54.5 Å². The molecule has 0 aromatic heterocycles. The van der Waals surface area contributed by atoms with Gasteiger partial charge in [0.1, 0.15) is 0 Å². The van der Waals surface area contributed by atoms with Gasteiger partial charge in [0.25, 0.3) is 0 Å². The summed E-state index contributed by atoms with van der Waals surface area (Å²) in [6.07, 6.45) is 9.13. The van der Waals surface area contributed by atoms with E-state index in [-0.39, 0.29) is 0 Å². The smallest absolute Gasteiger partial charge is 0.0213 e. The maximum atomic E-state index is 3.71. The van der Waals surface area contributed by atoms with Gasteiger partial charge in [0.15, 0.2) is 0 Å². The molecular formula is C16H23Br. The molecule has 1 rings (SSSR count). The average molecular weight is 295 g/mol. The quantitative estimate of drug-likeness (QED) is 0.654. The summed E-state index contributed by atoms with van der Waals surface area (Å²) in [5.41, 5.74) is 5.83. The minimum absolute atomic E-state index is 1.10. The number of rotatable bonds is 5. The van der Waals surface area contributed by atoms with Crippen molar-refractivity contribution in [3.05, 3.63) is 38.9 Å². The molecule has 0 aliphatic heterocycles. The lowest BCUT2D eigenvalue weighted by Crippen LogP contribution is -2.00. The Morgan fingerprint density at radius 1 is 1.18 bits per heavy atom. The Hall–Kier alpha value is -0.560. The first-order chi connectivity index (χ1) is 8.15. The number of aryl methyl sites for hydroxylation is 1. The minimum Gasteiger partial charge on any atom is -0.0842 e. The van der Waals surface area contributed by atoms with Crippen molar-refractivity contribution in [3.63, 3.8) is 0 Å². The van der Waals surface area contributed by atoms with Crippen LogP contribution in [0.25, 0.3) is 6.08 Å². The van der Waals surface area contributed by atoms with Crippen LogP contribution in [0.4, 0.5) is 0 Å². The Bertz CT molecular complexity index is 402. The fourth-order valence-electron chi connectivity index (χ4n) is 2.29. The minimum atomic E-state index is 1.10. The van der Waals surface area contributed by atoms with Gasteiger partial charge in [0, 0.05) is 4.47 Å². The summed E-state index contributed by atoms with van der Waals surface area (Å²) in [6.45, 7) is 8.88. The second-order valence-electron chi connectivity index (χ2n) is 4.46. The van der Waals surface area contributed by atoms with Crippen molar-refractivity contribution in [1.29, 1.82) is 0 Å². The Labute approximate surface area is 114 Å². The Kier molecular flexibility index (Phi) is 5.97. The van der Waals surface area contributed by atoms with Crippen LogP contribution >= 0.6 is 15.9 Å². The summed E-state index contributed by atoms with van der Waals surface area (Å²) in [7, 11) is 0. The lowest BCUT2D eigenvalue weighted by molar-refractivity contribution is 0.891. The van der Waals surface area contributed by atoms with Crippen molar-refractivity contribution in [3.8, 4) is 0 Å². The highest BCUT2D eigenvalue weighted by Gasteiger charge is 2.11. The van der Waals surface area contributed by atoms with Crippen molar-refractivity contribution < 1.29 is 0 Å². The molecule has 1 aromatic carbocycles. The number of hydrogen-bond donors (Lipinski definition) is 0. The van der Waals surface area contributed by atoms with Crippen molar-refractivity contribution in [1.82, 2.24) is 0 Å². The predicted octanol–water partition coefficient (Wildman–Crippen LogP) is 5.70. The molecule has 0 bridgehead atoms. The number of benzene rings is 1. The third-order valence-corrected chi connectivity index (χ3v) is 3.83. The molecule has 94 valence electrons. The molecule has 0 heterocycles. The van der Waals surface area contributed by atoms with Gasteiger partial charge in [0.2, 0.25) is 0 Å². The maximum Gasteiger partial charge on any atom is 0.0213 e. The summed E-state index contributed by atoms with van der Waals surface area (Å²) in [5.74, 6) is 0. The van der Waals surface area contributed by atoms with Gasteiger partial charge < -0.3 is 0 Å². The highest BCUT2D eigenvalue weighted by molar-refractivity contribution is 9.10. The molecule has 0 fully saturated rings. The van der Waals surface area contributed by atoms with Crippen molar-refractivity contribution in [2.45, 2.75) is 53.4 Å². The molecule has 0 spiro atoms. The first-order valence-electron chi connectivity index (χ1n) is 6.63. The highest BCUT2D eigenvalue weighted by Crippen LogP contribution is 2.30. The van der Waals surface area contributed by atoms with Gasteiger partial charge in [0.05, 0.1) is 0 Å². The third-order valence-electron chi connectivity index (χ3n) is 3.12. The third kappa shape index (κ3) is 3.45. The number of allylic oxidation sites excluding steroid dienone is 1. The molecule has 0 nitrogen and oxygen atoms in total. The average Bonchev–Trinajstić information content (AvgIpc) is 2.29. The Balaban J connectivity index is 3.38. The zero-order chi connectivity index (χ0) is 12.8. The fourth-order valence-corrected chi connectivity index (χ4v) is 3.15. The van der Waals surface area contributed by atoms with E-state index in [0.29, 0.717) is 0 Å². The Morgan fingerprint density at radius 3 is 2.41 bits per heavy atom. The summed E-state index contributed by atoms with van der Waals surface area (Å²) >= 11 is 3.71. The molecule has 0 unspecified atom stereocenters. The molecule has 0 radical (unpaired) electrons. The molecule has 1 aromatic rings. The van der Waals surface area contributed by atoms with E-state index < -0.39 is 0 Å². The van der Waals surface area contributed by atoms with Crippen molar-refractivity contribution in [2.75, 3.05) is 0 Å². The van der Waals surface area contributed by atoms with E-state index in [0.717, 1.165) is 12.8 Å². The normalized spacial score (nSPS) is 11.4. The van der Waals surface area contributed by atoms with Crippen LogP contribution in [0.2, 0.25) is 0 Å². The monoisotopic (exact) mass is 294 g/mol. The lowest BCUT2D eigenvalue weighted by atomic mass is 9.92. The highest BCUT2D eigenvalue weighted by atomic mass is 79.9. The van der Waals surface area contributed by atoms with Crippen LogP contribution in [0, 0.1) is 6.92 Å². The first-order valence-corrected chi connectivity index (χ1v) is 7.42. The molecule has 0 aliphatic carbocycles. The van der Waals surface area contributed by atoms with E-state index >= 15 is 0 Å². The first kappa shape index (κ1) is 14.5. The van der Waals surface area contributed by atoms with Crippen LogP contribution in [-0.4, -0.2) is 0 Å². The van der Waals surface area contributed by atoms with Gasteiger partial charge >= 0.3 is 0 Å². The summed E-state index contributed by atoms with van der Waals surface area (Å²) in [6, 6.07) is 2.26. The summed E-state index contributed by atoms with van der Waals surface area (Å²) in [5, 5.41) is 0. The molecule has 0 aliphatic rings. The van der Waals surface area contributed by atoms with E-state index in [9.17, 15) is 0 Å². The van der Waals surface area contributed by atoms with Crippen molar-refractivity contribution >= 4 is 22.0 Å². The maximum absolute atomic E-state index is 3.71.